The Hall–Kier alpha value is -1.84. The summed E-state index contributed by atoms with van der Waals surface area (Å²) in [6.07, 6.45) is 1.83. The number of fused-ring (bicyclic) bond motifs is 1. The van der Waals surface area contributed by atoms with Gasteiger partial charge in [0, 0.05) is 18.7 Å². The topological polar surface area (TPSA) is 58.2 Å². The summed E-state index contributed by atoms with van der Waals surface area (Å²) in [5.74, 6) is 0.544. The van der Waals surface area contributed by atoms with Crippen LogP contribution in [0.4, 0.5) is 5.69 Å². The molecular weight excluding hydrogens is 240 g/mol. The number of hydrogen-bond acceptors (Lipinski definition) is 2. The van der Waals surface area contributed by atoms with Crippen molar-refractivity contribution in [2.24, 2.45) is 5.92 Å². The van der Waals surface area contributed by atoms with Crippen LogP contribution in [0, 0.1) is 5.92 Å². The van der Waals surface area contributed by atoms with E-state index in [1.807, 2.05) is 32.0 Å². The van der Waals surface area contributed by atoms with Crippen LogP contribution in [0.2, 0.25) is 0 Å². The molecule has 0 radical (unpaired) electrons. The fraction of sp³-hybridized carbons (Fsp3) is 0.467. The van der Waals surface area contributed by atoms with E-state index in [2.05, 4.69) is 10.6 Å². The molecule has 2 rings (SSSR count). The molecule has 1 aromatic carbocycles. The second-order valence-electron chi connectivity index (χ2n) is 5.41. The summed E-state index contributed by atoms with van der Waals surface area (Å²) in [6, 6.07) is 5.98. The summed E-state index contributed by atoms with van der Waals surface area (Å²) in [4.78, 5) is 22.8. The minimum absolute atomic E-state index is 0.0531. The van der Waals surface area contributed by atoms with E-state index in [-0.39, 0.29) is 11.8 Å². The van der Waals surface area contributed by atoms with Crippen LogP contribution in [0.25, 0.3) is 0 Å². The van der Waals surface area contributed by atoms with Gasteiger partial charge in [0.25, 0.3) is 0 Å². The predicted molar refractivity (Wildman–Crippen MR) is 74.9 cm³/mol. The molecule has 0 saturated carbocycles. The molecule has 0 spiro atoms. The van der Waals surface area contributed by atoms with Crippen molar-refractivity contribution in [2.75, 3.05) is 11.9 Å². The normalized spacial score (nSPS) is 13.3. The lowest BCUT2D eigenvalue weighted by molar-refractivity contribution is -0.121. The van der Waals surface area contributed by atoms with Crippen LogP contribution in [0.3, 0.4) is 0 Å². The first kappa shape index (κ1) is 13.6. The van der Waals surface area contributed by atoms with Crippen molar-refractivity contribution in [1.29, 1.82) is 0 Å². The fourth-order valence-electron chi connectivity index (χ4n) is 2.23. The van der Waals surface area contributed by atoms with Crippen molar-refractivity contribution in [3.8, 4) is 0 Å². The summed E-state index contributed by atoms with van der Waals surface area (Å²) in [5, 5.41) is 5.73. The molecule has 2 N–H and O–H groups in total. The maximum absolute atomic E-state index is 11.5. The average Bonchev–Trinajstić information content (AvgIpc) is 2.67. The third kappa shape index (κ3) is 3.81. The Morgan fingerprint density at radius 3 is 2.95 bits per heavy atom. The van der Waals surface area contributed by atoms with Gasteiger partial charge in [0.1, 0.15) is 0 Å². The van der Waals surface area contributed by atoms with Crippen molar-refractivity contribution < 1.29 is 9.59 Å². The maximum Gasteiger partial charge on any atom is 0.228 e. The number of rotatable bonds is 5. The van der Waals surface area contributed by atoms with Crippen molar-refractivity contribution in [2.45, 2.75) is 33.1 Å². The Balaban J connectivity index is 1.83. The number of carbonyl (C=O) groups excluding carboxylic acids is 2. The number of nitrogens with one attached hydrogen (secondary N) is 2. The summed E-state index contributed by atoms with van der Waals surface area (Å²) in [7, 11) is 0. The first-order chi connectivity index (χ1) is 9.04. The third-order valence-corrected chi connectivity index (χ3v) is 3.12. The lowest BCUT2D eigenvalue weighted by atomic mass is 10.1. The van der Waals surface area contributed by atoms with Crippen molar-refractivity contribution in [1.82, 2.24) is 5.32 Å². The molecule has 4 heteroatoms. The zero-order valence-corrected chi connectivity index (χ0v) is 11.5. The van der Waals surface area contributed by atoms with Gasteiger partial charge in [-0.3, -0.25) is 9.59 Å². The Labute approximate surface area is 113 Å². The lowest BCUT2D eigenvalue weighted by Crippen LogP contribution is -2.26. The van der Waals surface area contributed by atoms with E-state index in [0.717, 1.165) is 23.2 Å². The van der Waals surface area contributed by atoms with Gasteiger partial charge < -0.3 is 10.6 Å². The Morgan fingerprint density at radius 1 is 1.42 bits per heavy atom. The van der Waals surface area contributed by atoms with Crippen LogP contribution < -0.4 is 10.6 Å². The Morgan fingerprint density at radius 2 is 2.21 bits per heavy atom. The van der Waals surface area contributed by atoms with E-state index < -0.39 is 0 Å². The molecule has 0 unspecified atom stereocenters. The van der Waals surface area contributed by atoms with Gasteiger partial charge in [-0.1, -0.05) is 26.0 Å². The number of amides is 2. The van der Waals surface area contributed by atoms with E-state index >= 15 is 0 Å². The summed E-state index contributed by atoms with van der Waals surface area (Å²) in [6.45, 7) is 4.71. The Bertz CT molecular complexity index is 495. The molecule has 4 nitrogen and oxygen atoms in total. The molecule has 0 atom stereocenters. The van der Waals surface area contributed by atoms with Gasteiger partial charge in [-0.2, -0.15) is 0 Å². The quantitative estimate of drug-likeness (QED) is 0.849. The highest BCUT2D eigenvalue weighted by Crippen LogP contribution is 2.23. The zero-order valence-electron chi connectivity index (χ0n) is 11.5. The molecule has 0 aromatic heterocycles. The van der Waals surface area contributed by atoms with E-state index in [1.54, 1.807) is 0 Å². The molecule has 1 heterocycles. The first-order valence-corrected chi connectivity index (χ1v) is 6.73. The van der Waals surface area contributed by atoms with Crippen LogP contribution in [0.1, 0.15) is 31.4 Å². The summed E-state index contributed by atoms with van der Waals surface area (Å²) < 4.78 is 0. The molecule has 1 aliphatic heterocycles. The minimum atomic E-state index is 0.0531. The molecular formula is C15H20N2O2. The van der Waals surface area contributed by atoms with Gasteiger partial charge in [0.15, 0.2) is 0 Å². The average molecular weight is 260 g/mol. The van der Waals surface area contributed by atoms with E-state index in [1.165, 1.54) is 0 Å². The van der Waals surface area contributed by atoms with Crippen molar-refractivity contribution in [3.63, 3.8) is 0 Å². The standard InChI is InChI=1S/C15H20N2O2/c1-10(2)7-14(18)16-6-5-11-3-4-13-12(8-11)9-15(19)17-13/h3-4,8,10H,5-7,9H2,1-2H3,(H,16,18)(H,17,19). The van der Waals surface area contributed by atoms with Crippen molar-refractivity contribution >= 4 is 17.5 Å². The highest BCUT2D eigenvalue weighted by Gasteiger charge is 2.17. The van der Waals surface area contributed by atoms with Gasteiger partial charge in [-0.15, -0.1) is 0 Å². The smallest absolute Gasteiger partial charge is 0.228 e. The lowest BCUT2D eigenvalue weighted by Gasteiger charge is -2.08. The molecule has 0 bridgehead atoms. The zero-order chi connectivity index (χ0) is 13.8. The number of hydrogen-bond donors (Lipinski definition) is 2. The third-order valence-electron chi connectivity index (χ3n) is 3.12. The van der Waals surface area contributed by atoms with E-state index in [9.17, 15) is 9.59 Å². The van der Waals surface area contributed by atoms with Crippen LogP contribution in [-0.2, 0) is 22.4 Å². The monoisotopic (exact) mass is 260 g/mol. The SMILES string of the molecule is CC(C)CC(=O)NCCc1ccc2c(c1)CC(=O)N2. The molecule has 1 aliphatic rings. The van der Waals surface area contributed by atoms with Gasteiger partial charge in [0.2, 0.25) is 11.8 Å². The number of carbonyl (C=O) groups is 2. The summed E-state index contributed by atoms with van der Waals surface area (Å²) >= 11 is 0. The minimum Gasteiger partial charge on any atom is -0.356 e. The molecule has 19 heavy (non-hydrogen) atoms. The molecule has 1 aromatic rings. The van der Waals surface area contributed by atoms with E-state index in [0.29, 0.717) is 25.3 Å². The number of benzene rings is 1. The highest BCUT2D eigenvalue weighted by molar-refractivity contribution is 5.99. The maximum atomic E-state index is 11.5. The van der Waals surface area contributed by atoms with Crippen LogP contribution >= 0.6 is 0 Å². The van der Waals surface area contributed by atoms with Gasteiger partial charge in [-0.05, 0) is 29.5 Å². The van der Waals surface area contributed by atoms with Crippen LogP contribution in [-0.4, -0.2) is 18.4 Å². The molecule has 102 valence electrons. The summed E-state index contributed by atoms with van der Waals surface area (Å²) in [5.41, 5.74) is 3.12. The van der Waals surface area contributed by atoms with Gasteiger partial charge in [-0.25, -0.2) is 0 Å². The molecule has 2 amide bonds. The highest BCUT2D eigenvalue weighted by atomic mass is 16.2. The second kappa shape index (κ2) is 5.87. The van der Waals surface area contributed by atoms with Gasteiger partial charge >= 0.3 is 0 Å². The van der Waals surface area contributed by atoms with Crippen molar-refractivity contribution in [3.05, 3.63) is 29.3 Å². The number of anilines is 1. The van der Waals surface area contributed by atoms with Crippen LogP contribution in [0.15, 0.2) is 18.2 Å². The first-order valence-electron chi connectivity index (χ1n) is 6.73. The molecule has 0 aliphatic carbocycles. The van der Waals surface area contributed by atoms with Crippen LogP contribution in [0.5, 0.6) is 0 Å². The van der Waals surface area contributed by atoms with E-state index in [4.69, 9.17) is 0 Å². The predicted octanol–water partition coefficient (Wildman–Crippen LogP) is 1.89. The second-order valence-corrected chi connectivity index (χ2v) is 5.41. The van der Waals surface area contributed by atoms with Gasteiger partial charge in [0.05, 0.1) is 6.42 Å². The fourth-order valence-corrected chi connectivity index (χ4v) is 2.23. The largest absolute Gasteiger partial charge is 0.356 e. The Kier molecular flexibility index (Phi) is 4.20. The molecule has 0 saturated heterocycles. The molecule has 0 fully saturated rings.